The van der Waals surface area contributed by atoms with Gasteiger partial charge >= 0.3 is 0 Å². The molecule has 1 aromatic rings. The zero-order chi connectivity index (χ0) is 12.0. The lowest BCUT2D eigenvalue weighted by atomic mass is 10.1. The number of nitrogens with zero attached hydrogens (tertiary/aromatic N) is 1. The van der Waals surface area contributed by atoms with Gasteiger partial charge in [-0.1, -0.05) is 20.8 Å². The van der Waals surface area contributed by atoms with Crippen molar-refractivity contribution in [3.63, 3.8) is 0 Å². The van der Waals surface area contributed by atoms with Gasteiger partial charge < -0.3 is 10.5 Å². The molecule has 1 atom stereocenters. The van der Waals surface area contributed by atoms with E-state index in [1.807, 2.05) is 12.1 Å². The van der Waals surface area contributed by atoms with Gasteiger partial charge in [0.1, 0.15) is 5.75 Å². The summed E-state index contributed by atoms with van der Waals surface area (Å²) in [5, 5.41) is 0. The molecule has 0 aliphatic heterocycles. The van der Waals surface area contributed by atoms with Gasteiger partial charge in [0.25, 0.3) is 0 Å². The van der Waals surface area contributed by atoms with Crippen LogP contribution in [0, 0.1) is 5.92 Å². The smallest absolute Gasteiger partial charge is 0.137 e. The third-order valence-corrected chi connectivity index (χ3v) is 2.54. The number of nitrogens with two attached hydrogens (primary N) is 1. The molecule has 0 amide bonds. The van der Waals surface area contributed by atoms with Crippen LogP contribution in [0.3, 0.4) is 0 Å². The van der Waals surface area contributed by atoms with Gasteiger partial charge in [-0.3, -0.25) is 4.98 Å². The third kappa shape index (κ3) is 4.19. The Morgan fingerprint density at radius 1 is 1.38 bits per heavy atom. The molecule has 3 nitrogen and oxygen atoms in total. The topological polar surface area (TPSA) is 48.1 Å². The van der Waals surface area contributed by atoms with Crippen LogP contribution in [-0.4, -0.2) is 11.6 Å². The second kappa shape index (κ2) is 6.48. The highest BCUT2D eigenvalue weighted by molar-refractivity contribution is 5.21. The number of hydrogen-bond donors (Lipinski definition) is 1. The second-order valence-electron chi connectivity index (χ2n) is 4.46. The van der Waals surface area contributed by atoms with Gasteiger partial charge in [0.15, 0.2) is 0 Å². The molecule has 90 valence electrons. The highest BCUT2D eigenvalue weighted by atomic mass is 16.5. The quantitative estimate of drug-likeness (QED) is 0.805. The fourth-order valence-corrected chi connectivity index (χ4v) is 1.32. The summed E-state index contributed by atoms with van der Waals surface area (Å²) in [5.74, 6) is 1.49. The maximum atomic E-state index is 5.88. The van der Waals surface area contributed by atoms with E-state index in [9.17, 15) is 0 Å². The van der Waals surface area contributed by atoms with Crippen LogP contribution < -0.4 is 10.5 Å². The molecule has 0 saturated heterocycles. The average molecular weight is 222 g/mol. The molecule has 1 heterocycles. The van der Waals surface area contributed by atoms with Gasteiger partial charge in [0.2, 0.25) is 0 Å². The molecule has 0 aromatic carbocycles. The molecule has 16 heavy (non-hydrogen) atoms. The molecular formula is C13H22N2O. The number of aromatic nitrogens is 1. The van der Waals surface area contributed by atoms with E-state index in [1.165, 1.54) is 0 Å². The second-order valence-corrected chi connectivity index (χ2v) is 4.46. The first-order valence-corrected chi connectivity index (χ1v) is 5.97. The van der Waals surface area contributed by atoms with Gasteiger partial charge in [-0.2, -0.15) is 0 Å². The molecule has 3 heteroatoms. The largest absolute Gasteiger partial charge is 0.492 e. The van der Waals surface area contributed by atoms with Crippen molar-refractivity contribution in [1.29, 1.82) is 0 Å². The number of rotatable bonds is 6. The average Bonchev–Trinajstić information content (AvgIpc) is 2.28. The molecule has 1 aromatic heterocycles. The van der Waals surface area contributed by atoms with Crippen LogP contribution >= 0.6 is 0 Å². The lowest BCUT2D eigenvalue weighted by molar-refractivity contribution is 0.288. The third-order valence-electron chi connectivity index (χ3n) is 2.54. The van der Waals surface area contributed by atoms with Crippen LogP contribution in [0.2, 0.25) is 0 Å². The fraction of sp³-hybridized carbons (Fsp3) is 0.615. The molecule has 0 bridgehead atoms. The normalized spacial score (nSPS) is 12.8. The molecule has 0 radical (unpaired) electrons. The van der Waals surface area contributed by atoms with Crippen molar-refractivity contribution in [2.45, 2.75) is 39.7 Å². The van der Waals surface area contributed by atoms with Crippen LogP contribution in [0.15, 0.2) is 18.3 Å². The summed E-state index contributed by atoms with van der Waals surface area (Å²) < 4.78 is 5.58. The van der Waals surface area contributed by atoms with E-state index in [1.54, 1.807) is 6.20 Å². The molecule has 1 unspecified atom stereocenters. The Morgan fingerprint density at radius 3 is 2.62 bits per heavy atom. The van der Waals surface area contributed by atoms with Crippen LogP contribution in [0.4, 0.5) is 0 Å². The van der Waals surface area contributed by atoms with Crippen LogP contribution in [0.1, 0.15) is 45.3 Å². The fourth-order valence-electron chi connectivity index (χ4n) is 1.32. The van der Waals surface area contributed by atoms with E-state index in [0.29, 0.717) is 5.92 Å². The van der Waals surface area contributed by atoms with Crippen LogP contribution in [0.5, 0.6) is 5.75 Å². The Morgan fingerprint density at radius 2 is 2.12 bits per heavy atom. The number of pyridine rings is 1. The Labute approximate surface area is 98.0 Å². The monoisotopic (exact) mass is 222 g/mol. The summed E-state index contributed by atoms with van der Waals surface area (Å²) >= 11 is 0. The zero-order valence-electron chi connectivity index (χ0n) is 10.4. The van der Waals surface area contributed by atoms with Crippen molar-refractivity contribution in [3.05, 3.63) is 24.0 Å². The zero-order valence-corrected chi connectivity index (χ0v) is 10.4. The Balaban J connectivity index is 2.45. The molecule has 1 rings (SSSR count). The minimum Gasteiger partial charge on any atom is -0.492 e. The van der Waals surface area contributed by atoms with Crippen molar-refractivity contribution in [1.82, 2.24) is 4.98 Å². The van der Waals surface area contributed by atoms with Crippen molar-refractivity contribution < 1.29 is 4.74 Å². The van der Waals surface area contributed by atoms with E-state index in [4.69, 9.17) is 10.5 Å². The molecule has 0 saturated carbocycles. The van der Waals surface area contributed by atoms with E-state index < -0.39 is 0 Å². The maximum Gasteiger partial charge on any atom is 0.137 e. The lowest BCUT2D eigenvalue weighted by Gasteiger charge is -2.10. The van der Waals surface area contributed by atoms with Crippen molar-refractivity contribution in [2.24, 2.45) is 11.7 Å². The minimum absolute atomic E-state index is 0.0321. The summed E-state index contributed by atoms with van der Waals surface area (Å²) in [4.78, 5) is 4.30. The molecule has 0 fully saturated rings. The predicted molar refractivity (Wildman–Crippen MR) is 66.4 cm³/mol. The molecular weight excluding hydrogens is 200 g/mol. The number of ether oxygens (including phenoxy) is 1. The minimum atomic E-state index is 0.0321. The highest BCUT2D eigenvalue weighted by Gasteiger charge is 2.04. The summed E-state index contributed by atoms with van der Waals surface area (Å²) in [5.41, 5.74) is 6.81. The number of hydrogen-bond acceptors (Lipinski definition) is 3. The Bertz CT molecular complexity index is 295. The van der Waals surface area contributed by atoms with Crippen LogP contribution in [0.25, 0.3) is 0 Å². The van der Waals surface area contributed by atoms with Gasteiger partial charge in [-0.25, -0.2) is 0 Å². The molecule has 0 aliphatic carbocycles. The van der Waals surface area contributed by atoms with Gasteiger partial charge in [-0.05, 0) is 30.9 Å². The summed E-state index contributed by atoms with van der Waals surface area (Å²) in [6, 6.07) is 3.92. The predicted octanol–water partition coefficient (Wildman–Crippen LogP) is 2.92. The summed E-state index contributed by atoms with van der Waals surface area (Å²) in [6.45, 7) is 7.17. The van der Waals surface area contributed by atoms with E-state index >= 15 is 0 Å². The molecule has 2 N–H and O–H groups in total. The van der Waals surface area contributed by atoms with Gasteiger partial charge in [0.05, 0.1) is 18.5 Å². The Kier molecular flexibility index (Phi) is 5.26. The van der Waals surface area contributed by atoms with E-state index in [2.05, 4.69) is 25.8 Å². The van der Waals surface area contributed by atoms with E-state index in [0.717, 1.165) is 30.9 Å². The first-order chi connectivity index (χ1) is 7.63. The SMILES string of the molecule is CCC(N)c1ccc(OCCC(C)C)cn1. The lowest BCUT2D eigenvalue weighted by Crippen LogP contribution is -2.10. The van der Waals surface area contributed by atoms with Crippen LogP contribution in [-0.2, 0) is 0 Å². The maximum absolute atomic E-state index is 5.88. The van der Waals surface area contributed by atoms with Gasteiger partial charge in [-0.15, -0.1) is 0 Å². The highest BCUT2D eigenvalue weighted by Crippen LogP contribution is 2.15. The standard InChI is InChI=1S/C13H22N2O/c1-4-12(14)13-6-5-11(9-15-13)16-8-7-10(2)3/h5-6,9-10,12H,4,7-8,14H2,1-3H3. The first-order valence-electron chi connectivity index (χ1n) is 5.97. The first kappa shape index (κ1) is 13.0. The molecule has 0 spiro atoms. The van der Waals surface area contributed by atoms with Gasteiger partial charge in [0, 0.05) is 6.04 Å². The summed E-state index contributed by atoms with van der Waals surface area (Å²) in [7, 11) is 0. The molecule has 0 aliphatic rings. The van der Waals surface area contributed by atoms with Crippen molar-refractivity contribution in [3.8, 4) is 5.75 Å². The van der Waals surface area contributed by atoms with E-state index in [-0.39, 0.29) is 6.04 Å². The van der Waals surface area contributed by atoms with Crippen molar-refractivity contribution in [2.75, 3.05) is 6.61 Å². The van der Waals surface area contributed by atoms with Crippen molar-refractivity contribution >= 4 is 0 Å². The Hall–Kier alpha value is -1.09. The summed E-state index contributed by atoms with van der Waals surface area (Å²) in [6.07, 6.45) is 3.72.